The molecular formula is C11H18N4O2. The van der Waals surface area contributed by atoms with Crippen molar-refractivity contribution < 1.29 is 9.32 Å². The minimum atomic E-state index is -0.311. The zero-order valence-electron chi connectivity index (χ0n) is 10.0. The first-order valence-corrected chi connectivity index (χ1v) is 5.92. The second kappa shape index (κ2) is 4.83. The molecule has 0 aliphatic heterocycles. The zero-order chi connectivity index (χ0) is 12.3. The minimum Gasteiger partial charge on any atom is -0.347 e. The first-order chi connectivity index (χ1) is 8.07. The zero-order valence-corrected chi connectivity index (χ0v) is 10.0. The average Bonchev–Trinajstić information content (AvgIpc) is 2.85. The molecule has 6 heteroatoms. The molecule has 1 aliphatic carbocycles. The summed E-state index contributed by atoms with van der Waals surface area (Å²) in [6.45, 7) is 2.01. The van der Waals surface area contributed by atoms with E-state index in [0.29, 0.717) is 18.1 Å². The van der Waals surface area contributed by atoms with Gasteiger partial charge in [0.25, 0.3) is 0 Å². The highest BCUT2D eigenvalue weighted by molar-refractivity contribution is 5.77. The molecule has 1 fully saturated rings. The molecule has 1 heterocycles. The summed E-state index contributed by atoms with van der Waals surface area (Å²) in [6, 6.07) is 0. The summed E-state index contributed by atoms with van der Waals surface area (Å²) < 4.78 is 4.90. The summed E-state index contributed by atoms with van der Waals surface area (Å²) in [5, 5.41) is 6.40. The molecule has 17 heavy (non-hydrogen) atoms. The molecule has 6 nitrogen and oxygen atoms in total. The van der Waals surface area contributed by atoms with Crippen LogP contribution >= 0.6 is 0 Å². The van der Waals surface area contributed by atoms with Gasteiger partial charge < -0.3 is 15.6 Å². The van der Waals surface area contributed by atoms with E-state index in [1.54, 1.807) is 6.92 Å². The van der Waals surface area contributed by atoms with Crippen LogP contribution in [-0.2, 0) is 11.3 Å². The quantitative estimate of drug-likeness (QED) is 0.803. The van der Waals surface area contributed by atoms with Crippen LogP contribution < -0.4 is 11.1 Å². The highest BCUT2D eigenvalue weighted by atomic mass is 16.5. The largest absolute Gasteiger partial charge is 0.347 e. The van der Waals surface area contributed by atoms with E-state index in [1.165, 1.54) is 0 Å². The molecule has 0 saturated heterocycles. The van der Waals surface area contributed by atoms with Crippen molar-refractivity contribution in [2.75, 3.05) is 0 Å². The second-order valence-corrected chi connectivity index (χ2v) is 4.76. The molecule has 3 N–H and O–H groups in total. The van der Waals surface area contributed by atoms with E-state index < -0.39 is 0 Å². The monoisotopic (exact) mass is 238 g/mol. The van der Waals surface area contributed by atoms with E-state index >= 15 is 0 Å². The number of nitrogens with two attached hydrogens (primary N) is 1. The van der Waals surface area contributed by atoms with Crippen LogP contribution in [0.1, 0.15) is 43.8 Å². The van der Waals surface area contributed by atoms with Crippen LogP contribution in [0, 0.1) is 6.92 Å². The van der Waals surface area contributed by atoms with E-state index in [0.717, 1.165) is 25.7 Å². The van der Waals surface area contributed by atoms with Crippen LogP contribution in [0.2, 0.25) is 0 Å². The number of amides is 1. The Bertz CT molecular complexity index is 396. The van der Waals surface area contributed by atoms with Crippen molar-refractivity contribution in [3.63, 3.8) is 0 Å². The Hall–Kier alpha value is -1.43. The fraction of sp³-hybridized carbons (Fsp3) is 0.727. The Balaban J connectivity index is 1.77. The van der Waals surface area contributed by atoms with E-state index in [9.17, 15) is 4.79 Å². The van der Waals surface area contributed by atoms with Gasteiger partial charge in [-0.25, -0.2) is 0 Å². The van der Waals surface area contributed by atoms with Gasteiger partial charge in [0.05, 0.1) is 6.54 Å². The summed E-state index contributed by atoms with van der Waals surface area (Å²) >= 11 is 0. The molecule has 0 atom stereocenters. The van der Waals surface area contributed by atoms with Gasteiger partial charge in [0.1, 0.15) is 0 Å². The molecule has 0 aromatic carbocycles. The van der Waals surface area contributed by atoms with E-state index in [4.69, 9.17) is 10.3 Å². The van der Waals surface area contributed by atoms with Gasteiger partial charge in [-0.3, -0.25) is 4.79 Å². The number of nitrogens with one attached hydrogen (secondary N) is 1. The Labute approximate surface area is 99.9 Å². The Morgan fingerprint density at radius 1 is 1.53 bits per heavy atom. The van der Waals surface area contributed by atoms with E-state index in [-0.39, 0.29) is 18.0 Å². The number of carbonyl (C=O) groups excluding carboxylic acids is 1. The Kier molecular flexibility index (Phi) is 3.42. The van der Waals surface area contributed by atoms with Crippen molar-refractivity contribution in [3.8, 4) is 0 Å². The van der Waals surface area contributed by atoms with Crippen molar-refractivity contribution in [2.24, 2.45) is 5.73 Å². The summed E-state index contributed by atoms with van der Waals surface area (Å²) in [4.78, 5) is 15.7. The van der Waals surface area contributed by atoms with Crippen LogP contribution in [0.15, 0.2) is 4.52 Å². The Morgan fingerprint density at radius 2 is 2.24 bits per heavy atom. The molecule has 0 spiro atoms. The average molecular weight is 238 g/mol. The highest BCUT2D eigenvalue weighted by Gasteiger charge is 2.31. The highest BCUT2D eigenvalue weighted by Crippen LogP contribution is 2.29. The van der Waals surface area contributed by atoms with Gasteiger partial charge in [-0.1, -0.05) is 18.0 Å². The lowest BCUT2D eigenvalue weighted by atomic mass is 9.94. The van der Waals surface area contributed by atoms with Crippen LogP contribution in [0.5, 0.6) is 0 Å². The van der Waals surface area contributed by atoms with Gasteiger partial charge in [0, 0.05) is 12.0 Å². The molecular weight excluding hydrogens is 220 g/mol. The summed E-state index contributed by atoms with van der Waals surface area (Å²) in [6.07, 6.45) is 4.47. The molecule has 0 bridgehead atoms. The summed E-state index contributed by atoms with van der Waals surface area (Å²) in [7, 11) is 0. The molecule has 2 rings (SSSR count). The molecule has 1 aliphatic rings. The van der Waals surface area contributed by atoms with Crippen LogP contribution in [0.25, 0.3) is 0 Å². The third-order valence-electron chi connectivity index (χ3n) is 3.12. The van der Waals surface area contributed by atoms with Gasteiger partial charge in [-0.05, 0) is 19.8 Å². The molecule has 1 aromatic heterocycles. The maximum Gasteiger partial charge on any atom is 0.246 e. The maximum atomic E-state index is 11.7. The van der Waals surface area contributed by atoms with Crippen molar-refractivity contribution in [2.45, 2.75) is 51.1 Å². The third kappa shape index (κ3) is 3.26. The van der Waals surface area contributed by atoms with Crippen LogP contribution in [0.4, 0.5) is 0 Å². The summed E-state index contributed by atoms with van der Waals surface area (Å²) in [5.41, 5.74) is 5.81. The number of hydrogen-bond acceptors (Lipinski definition) is 5. The van der Waals surface area contributed by atoms with Crippen molar-refractivity contribution in [1.82, 2.24) is 15.5 Å². The predicted octanol–water partition coefficient (Wildman–Crippen LogP) is 0.656. The number of hydrogen-bond donors (Lipinski definition) is 2. The topological polar surface area (TPSA) is 94.0 Å². The van der Waals surface area contributed by atoms with Gasteiger partial charge in [0.2, 0.25) is 11.8 Å². The smallest absolute Gasteiger partial charge is 0.246 e. The molecule has 1 amide bonds. The summed E-state index contributed by atoms with van der Waals surface area (Å²) in [5.74, 6) is 0.943. The number of nitrogens with zero attached hydrogens (tertiary/aromatic N) is 2. The minimum absolute atomic E-state index is 0.0507. The normalized spacial score (nSPS) is 18.2. The van der Waals surface area contributed by atoms with Gasteiger partial charge in [-0.15, -0.1) is 0 Å². The molecule has 94 valence electrons. The molecule has 1 saturated carbocycles. The number of carbonyl (C=O) groups is 1. The van der Waals surface area contributed by atoms with E-state index in [1.807, 2.05) is 0 Å². The molecule has 1 aromatic rings. The number of rotatable bonds is 4. The molecule has 0 radical (unpaired) electrons. The lowest BCUT2D eigenvalue weighted by molar-refractivity contribution is -0.122. The first-order valence-electron chi connectivity index (χ1n) is 5.92. The first kappa shape index (κ1) is 12.0. The number of aryl methyl sites for hydroxylation is 1. The van der Waals surface area contributed by atoms with E-state index in [2.05, 4.69) is 15.5 Å². The lowest BCUT2D eigenvalue weighted by Gasteiger charge is -2.22. The van der Waals surface area contributed by atoms with Crippen LogP contribution in [0.3, 0.4) is 0 Å². The van der Waals surface area contributed by atoms with Crippen molar-refractivity contribution >= 4 is 5.91 Å². The SMILES string of the molecule is Cc1noc(CNC(=O)CC2(N)CCCC2)n1. The lowest BCUT2D eigenvalue weighted by Crippen LogP contribution is -2.42. The van der Waals surface area contributed by atoms with Crippen LogP contribution in [-0.4, -0.2) is 21.6 Å². The Morgan fingerprint density at radius 3 is 2.82 bits per heavy atom. The molecule has 0 unspecified atom stereocenters. The predicted molar refractivity (Wildman–Crippen MR) is 60.9 cm³/mol. The fourth-order valence-electron chi connectivity index (χ4n) is 2.22. The number of aromatic nitrogens is 2. The fourth-order valence-corrected chi connectivity index (χ4v) is 2.22. The third-order valence-corrected chi connectivity index (χ3v) is 3.12. The maximum absolute atomic E-state index is 11.7. The van der Waals surface area contributed by atoms with Gasteiger partial charge in [-0.2, -0.15) is 4.98 Å². The van der Waals surface area contributed by atoms with Crippen molar-refractivity contribution in [3.05, 3.63) is 11.7 Å². The second-order valence-electron chi connectivity index (χ2n) is 4.76. The standard InChI is InChI=1S/C11H18N4O2/c1-8-14-10(17-15-8)7-13-9(16)6-11(12)4-2-3-5-11/h2-7,12H2,1H3,(H,13,16). The van der Waals surface area contributed by atoms with Gasteiger partial charge >= 0.3 is 0 Å². The van der Waals surface area contributed by atoms with Gasteiger partial charge in [0.15, 0.2) is 5.82 Å². The van der Waals surface area contributed by atoms with Crippen molar-refractivity contribution in [1.29, 1.82) is 0 Å².